The molecule has 22 heavy (non-hydrogen) atoms. The maximum absolute atomic E-state index is 14.7. The van der Waals surface area contributed by atoms with Gasteiger partial charge < -0.3 is 9.47 Å². The third kappa shape index (κ3) is 3.55. The highest BCUT2D eigenvalue weighted by Gasteiger charge is 2.45. The molecule has 1 aliphatic rings. The van der Waals surface area contributed by atoms with Crippen LogP contribution in [0.4, 0.5) is 4.39 Å². The second-order valence-corrected chi connectivity index (χ2v) is 5.92. The van der Waals surface area contributed by atoms with Gasteiger partial charge >= 0.3 is 11.8 Å². The fourth-order valence-corrected chi connectivity index (χ4v) is 2.49. The van der Waals surface area contributed by atoms with Crippen molar-refractivity contribution in [1.82, 2.24) is 0 Å². The van der Waals surface area contributed by atoms with E-state index in [0.717, 1.165) is 17.0 Å². The number of carbonyl (C=O) groups excluding carboxylic acids is 2. The first-order chi connectivity index (χ1) is 10.4. The fraction of sp³-hybridized carbons (Fsp3) is 0.375. The Labute approximate surface area is 136 Å². The molecule has 2 rings (SSSR count). The molecular formula is C16H16BrFO4. The van der Waals surface area contributed by atoms with Crippen molar-refractivity contribution in [2.45, 2.75) is 32.0 Å². The summed E-state index contributed by atoms with van der Waals surface area (Å²) in [6.07, 6.45) is 1.33. The normalized spacial score (nSPS) is 24.2. The topological polar surface area (TPSA) is 52.6 Å². The molecule has 0 bridgehead atoms. The van der Waals surface area contributed by atoms with Gasteiger partial charge in [0, 0.05) is 23.7 Å². The van der Waals surface area contributed by atoms with Crippen molar-refractivity contribution in [2.24, 2.45) is 0 Å². The van der Waals surface area contributed by atoms with E-state index in [1.165, 1.54) is 6.08 Å². The second-order valence-electron chi connectivity index (χ2n) is 5.00. The van der Waals surface area contributed by atoms with E-state index in [2.05, 4.69) is 15.9 Å². The molecule has 0 radical (unpaired) electrons. The number of benzene rings is 1. The molecule has 2 unspecified atom stereocenters. The molecule has 1 aromatic carbocycles. The molecule has 0 aromatic heterocycles. The highest BCUT2D eigenvalue weighted by molar-refractivity contribution is 9.10. The summed E-state index contributed by atoms with van der Waals surface area (Å²) in [5.74, 6) is -4.78. The summed E-state index contributed by atoms with van der Waals surface area (Å²) in [4.78, 5) is 23.4. The first-order valence-corrected chi connectivity index (χ1v) is 7.68. The summed E-state index contributed by atoms with van der Waals surface area (Å²) in [6.45, 7) is 2.88. The third-order valence-corrected chi connectivity index (χ3v) is 3.94. The Balaban J connectivity index is 2.38. The van der Waals surface area contributed by atoms with E-state index in [1.807, 2.05) is 12.1 Å². The van der Waals surface area contributed by atoms with Crippen LogP contribution in [0.2, 0.25) is 0 Å². The molecular weight excluding hydrogens is 355 g/mol. The minimum atomic E-state index is -2.52. The van der Waals surface area contributed by atoms with Gasteiger partial charge in [-0.3, -0.25) is 4.79 Å². The first kappa shape index (κ1) is 16.7. The number of ether oxygens (including phenoxy) is 2. The quantitative estimate of drug-likeness (QED) is 0.759. The van der Waals surface area contributed by atoms with Gasteiger partial charge in [-0.25, -0.2) is 4.79 Å². The van der Waals surface area contributed by atoms with Crippen LogP contribution in [0.5, 0.6) is 0 Å². The van der Waals surface area contributed by atoms with E-state index in [0.29, 0.717) is 0 Å². The summed E-state index contributed by atoms with van der Waals surface area (Å²) < 4.78 is 25.4. The number of hydrogen-bond donors (Lipinski definition) is 0. The highest BCUT2D eigenvalue weighted by Crippen LogP contribution is 2.39. The SMILES string of the molecule is CCOC(=O)C1=CC(c2ccc(Br)cc2)CC(F)(C(C)=O)O1. The number of carbonyl (C=O) groups is 2. The molecule has 0 saturated heterocycles. The van der Waals surface area contributed by atoms with Crippen LogP contribution in [-0.4, -0.2) is 24.2 Å². The maximum Gasteiger partial charge on any atom is 0.373 e. The number of alkyl halides is 1. The van der Waals surface area contributed by atoms with Crippen molar-refractivity contribution in [2.75, 3.05) is 6.61 Å². The zero-order valence-corrected chi connectivity index (χ0v) is 13.9. The average molecular weight is 371 g/mol. The summed E-state index contributed by atoms with van der Waals surface area (Å²) in [5.41, 5.74) is 0.788. The average Bonchev–Trinajstić information content (AvgIpc) is 2.47. The number of halogens is 2. The molecule has 1 heterocycles. The monoisotopic (exact) mass is 370 g/mol. The van der Waals surface area contributed by atoms with Gasteiger partial charge in [0.05, 0.1) is 6.61 Å². The van der Waals surface area contributed by atoms with Crippen molar-refractivity contribution < 1.29 is 23.5 Å². The van der Waals surface area contributed by atoms with Crippen molar-refractivity contribution in [3.8, 4) is 0 Å². The Hall–Kier alpha value is -1.69. The van der Waals surface area contributed by atoms with Crippen molar-refractivity contribution >= 4 is 27.7 Å². The molecule has 1 aromatic rings. The summed E-state index contributed by atoms with van der Waals surface area (Å²) >= 11 is 3.33. The van der Waals surface area contributed by atoms with E-state index in [1.54, 1.807) is 19.1 Å². The van der Waals surface area contributed by atoms with E-state index >= 15 is 0 Å². The Morgan fingerprint density at radius 3 is 2.59 bits per heavy atom. The zero-order chi connectivity index (χ0) is 16.3. The minimum Gasteiger partial charge on any atom is -0.460 e. The largest absolute Gasteiger partial charge is 0.460 e. The van der Waals surface area contributed by atoms with Gasteiger partial charge in [-0.2, -0.15) is 4.39 Å². The zero-order valence-electron chi connectivity index (χ0n) is 12.3. The maximum atomic E-state index is 14.7. The summed E-state index contributed by atoms with van der Waals surface area (Å²) in [5, 5.41) is 0. The van der Waals surface area contributed by atoms with Gasteiger partial charge in [0.25, 0.3) is 0 Å². The van der Waals surface area contributed by atoms with Gasteiger partial charge in [-0.15, -0.1) is 0 Å². The number of rotatable bonds is 4. The van der Waals surface area contributed by atoms with Gasteiger partial charge in [-0.05, 0) is 30.7 Å². The van der Waals surface area contributed by atoms with Crippen LogP contribution in [0.15, 0.2) is 40.6 Å². The Kier molecular flexibility index (Phi) is 5.01. The molecule has 6 heteroatoms. The molecule has 0 spiro atoms. The Morgan fingerprint density at radius 2 is 2.05 bits per heavy atom. The van der Waals surface area contributed by atoms with Crippen molar-refractivity contribution in [3.63, 3.8) is 0 Å². The van der Waals surface area contributed by atoms with Crippen molar-refractivity contribution in [1.29, 1.82) is 0 Å². The van der Waals surface area contributed by atoms with Crippen LogP contribution < -0.4 is 0 Å². The number of esters is 1. The van der Waals surface area contributed by atoms with E-state index < -0.39 is 23.5 Å². The first-order valence-electron chi connectivity index (χ1n) is 6.89. The minimum absolute atomic E-state index is 0.141. The van der Waals surface area contributed by atoms with Crippen LogP contribution in [0.25, 0.3) is 0 Å². The number of allylic oxidation sites excluding steroid dienone is 1. The predicted molar refractivity (Wildman–Crippen MR) is 81.8 cm³/mol. The summed E-state index contributed by atoms with van der Waals surface area (Å²) in [6, 6.07) is 7.24. The second kappa shape index (κ2) is 6.60. The number of ketones is 1. The lowest BCUT2D eigenvalue weighted by Gasteiger charge is -2.32. The standard InChI is InChI=1S/C16H16BrFO4/c1-3-21-15(20)14-8-12(9-16(18,22-14)10(2)19)11-4-6-13(17)7-5-11/h4-8,12H,3,9H2,1-2H3. The molecule has 0 amide bonds. The lowest BCUT2D eigenvalue weighted by atomic mass is 9.88. The molecule has 118 valence electrons. The van der Waals surface area contributed by atoms with Crippen LogP contribution in [0.3, 0.4) is 0 Å². The lowest BCUT2D eigenvalue weighted by molar-refractivity contribution is -0.174. The van der Waals surface area contributed by atoms with E-state index in [9.17, 15) is 14.0 Å². The highest BCUT2D eigenvalue weighted by atomic mass is 79.9. The van der Waals surface area contributed by atoms with Crippen LogP contribution in [0.1, 0.15) is 31.7 Å². The molecule has 0 fully saturated rings. The molecule has 0 aliphatic carbocycles. The van der Waals surface area contributed by atoms with Gasteiger partial charge in [0.2, 0.25) is 11.5 Å². The number of Topliss-reactive ketones (excluding diaryl/α,β-unsaturated/α-hetero) is 1. The summed E-state index contributed by atoms with van der Waals surface area (Å²) in [7, 11) is 0. The van der Waals surface area contributed by atoms with Crippen molar-refractivity contribution in [3.05, 3.63) is 46.1 Å². The number of hydrogen-bond acceptors (Lipinski definition) is 4. The molecule has 0 N–H and O–H groups in total. The molecule has 2 atom stereocenters. The van der Waals surface area contributed by atoms with Gasteiger partial charge in [0.15, 0.2) is 0 Å². The smallest absolute Gasteiger partial charge is 0.373 e. The van der Waals surface area contributed by atoms with Crippen LogP contribution in [0, 0.1) is 0 Å². The van der Waals surface area contributed by atoms with Crippen LogP contribution in [-0.2, 0) is 19.1 Å². The Morgan fingerprint density at radius 1 is 1.41 bits per heavy atom. The lowest BCUT2D eigenvalue weighted by Crippen LogP contribution is -2.40. The Bertz CT molecular complexity index is 611. The molecule has 0 saturated carbocycles. The van der Waals surface area contributed by atoms with Gasteiger partial charge in [-0.1, -0.05) is 28.1 Å². The molecule has 4 nitrogen and oxygen atoms in total. The fourth-order valence-electron chi connectivity index (χ4n) is 2.23. The van der Waals surface area contributed by atoms with Crippen LogP contribution >= 0.6 is 15.9 Å². The molecule has 1 aliphatic heterocycles. The van der Waals surface area contributed by atoms with E-state index in [-0.39, 0.29) is 18.8 Å². The predicted octanol–water partition coefficient (Wildman–Crippen LogP) is 3.65. The van der Waals surface area contributed by atoms with E-state index in [4.69, 9.17) is 9.47 Å². The van der Waals surface area contributed by atoms with Gasteiger partial charge in [0.1, 0.15) is 0 Å². The third-order valence-electron chi connectivity index (χ3n) is 3.41.